The normalized spacial score (nSPS) is 11.2. The van der Waals surface area contributed by atoms with Crippen molar-refractivity contribution in [2.24, 2.45) is 0 Å². The maximum absolute atomic E-state index is 12.2. The number of nitrogens with two attached hydrogens (primary N) is 1. The molecule has 0 radical (unpaired) electrons. The summed E-state index contributed by atoms with van der Waals surface area (Å²) in [6.45, 7) is 0. The molecule has 18 heavy (non-hydrogen) atoms. The van der Waals surface area contributed by atoms with Gasteiger partial charge in [-0.1, -0.05) is 18.2 Å². The molecule has 0 amide bonds. The number of nitrogen functional groups attached to an aromatic ring is 1. The molecule has 0 aliphatic carbocycles. The van der Waals surface area contributed by atoms with E-state index in [1.807, 2.05) is 6.07 Å². The molecule has 2 rings (SSSR count). The number of benzene rings is 2. The van der Waals surface area contributed by atoms with Crippen molar-refractivity contribution in [2.75, 3.05) is 10.5 Å². The fourth-order valence-corrected chi connectivity index (χ4v) is 3.50. The lowest BCUT2D eigenvalue weighted by Crippen LogP contribution is -2.13. The number of halogens is 1. The first-order valence-corrected chi connectivity index (χ1v) is 7.39. The van der Waals surface area contributed by atoms with Gasteiger partial charge in [0.25, 0.3) is 10.0 Å². The second kappa shape index (κ2) is 4.99. The van der Waals surface area contributed by atoms with Crippen LogP contribution in [0.4, 0.5) is 11.4 Å². The molecule has 0 aromatic heterocycles. The summed E-state index contributed by atoms with van der Waals surface area (Å²) >= 11 is 3.20. The predicted octanol–water partition coefficient (Wildman–Crippen LogP) is 2.83. The molecular formula is C12H11BrN2O2S. The Morgan fingerprint density at radius 2 is 1.72 bits per heavy atom. The molecule has 0 fully saturated rings. The van der Waals surface area contributed by atoms with Gasteiger partial charge < -0.3 is 5.73 Å². The molecular weight excluding hydrogens is 316 g/mol. The van der Waals surface area contributed by atoms with Crippen LogP contribution in [0.5, 0.6) is 0 Å². The molecule has 0 saturated carbocycles. The van der Waals surface area contributed by atoms with Crippen LogP contribution in [-0.2, 0) is 10.0 Å². The molecule has 0 unspecified atom stereocenters. The molecule has 2 aromatic carbocycles. The van der Waals surface area contributed by atoms with Gasteiger partial charge in [0.15, 0.2) is 0 Å². The standard InChI is InChI=1S/C12H11BrN2O2S/c13-11-7-6-9(14)8-12(11)18(16,17)15-10-4-2-1-3-5-10/h1-8,15H,14H2. The first-order valence-electron chi connectivity index (χ1n) is 5.12. The maximum Gasteiger partial charge on any atom is 0.263 e. The van der Waals surface area contributed by atoms with E-state index in [1.165, 1.54) is 6.07 Å². The predicted molar refractivity (Wildman–Crippen MR) is 75.8 cm³/mol. The van der Waals surface area contributed by atoms with Crippen molar-refractivity contribution >= 4 is 37.3 Å². The van der Waals surface area contributed by atoms with Crippen LogP contribution in [0, 0.1) is 0 Å². The van der Waals surface area contributed by atoms with E-state index in [9.17, 15) is 8.42 Å². The summed E-state index contributed by atoms with van der Waals surface area (Å²) in [5, 5.41) is 0. The highest BCUT2D eigenvalue weighted by Crippen LogP contribution is 2.26. The molecule has 0 atom stereocenters. The van der Waals surface area contributed by atoms with Gasteiger partial charge >= 0.3 is 0 Å². The number of hydrogen-bond donors (Lipinski definition) is 2. The molecule has 0 heterocycles. The van der Waals surface area contributed by atoms with Gasteiger partial charge in [-0.05, 0) is 46.3 Å². The van der Waals surface area contributed by atoms with E-state index < -0.39 is 10.0 Å². The number of rotatable bonds is 3. The zero-order chi connectivity index (χ0) is 13.2. The molecule has 94 valence electrons. The largest absolute Gasteiger partial charge is 0.399 e. The first-order chi connectivity index (χ1) is 8.49. The molecule has 4 nitrogen and oxygen atoms in total. The van der Waals surface area contributed by atoms with Crippen LogP contribution in [-0.4, -0.2) is 8.42 Å². The Morgan fingerprint density at radius 3 is 2.39 bits per heavy atom. The fourth-order valence-electron chi connectivity index (χ4n) is 1.44. The van der Waals surface area contributed by atoms with Crippen molar-refractivity contribution in [3.63, 3.8) is 0 Å². The lowest BCUT2D eigenvalue weighted by atomic mass is 10.3. The van der Waals surface area contributed by atoms with Gasteiger partial charge in [0.2, 0.25) is 0 Å². The molecule has 0 saturated heterocycles. The minimum absolute atomic E-state index is 0.117. The van der Waals surface area contributed by atoms with Crippen LogP contribution in [0.3, 0.4) is 0 Å². The summed E-state index contributed by atoms with van der Waals surface area (Å²) < 4.78 is 27.3. The van der Waals surface area contributed by atoms with Crippen molar-refractivity contribution in [1.82, 2.24) is 0 Å². The minimum Gasteiger partial charge on any atom is -0.399 e. The van der Waals surface area contributed by atoms with Gasteiger partial charge in [0.05, 0.1) is 0 Å². The Balaban J connectivity index is 2.40. The third-order valence-corrected chi connectivity index (χ3v) is 4.65. The summed E-state index contributed by atoms with van der Waals surface area (Å²) in [5.41, 5.74) is 6.51. The van der Waals surface area contributed by atoms with Gasteiger partial charge in [0.1, 0.15) is 4.90 Å². The minimum atomic E-state index is -3.64. The Bertz CT molecular complexity index is 657. The summed E-state index contributed by atoms with van der Waals surface area (Å²) in [5.74, 6) is 0. The molecule has 6 heteroatoms. The van der Waals surface area contributed by atoms with Crippen LogP contribution in [0.15, 0.2) is 57.9 Å². The highest BCUT2D eigenvalue weighted by molar-refractivity contribution is 9.10. The van der Waals surface area contributed by atoms with E-state index in [4.69, 9.17) is 5.73 Å². The van der Waals surface area contributed by atoms with E-state index in [0.717, 1.165) is 0 Å². The van der Waals surface area contributed by atoms with Crippen molar-refractivity contribution < 1.29 is 8.42 Å². The summed E-state index contributed by atoms with van der Waals surface area (Å²) in [6.07, 6.45) is 0. The number of sulfonamides is 1. The van der Waals surface area contributed by atoms with Crippen molar-refractivity contribution in [1.29, 1.82) is 0 Å². The van der Waals surface area contributed by atoms with Gasteiger partial charge in [-0.15, -0.1) is 0 Å². The van der Waals surface area contributed by atoms with Gasteiger partial charge in [-0.3, -0.25) is 4.72 Å². The maximum atomic E-state index is 12.2. The highest BCUT2D eigenvalue weighted by Gasteiger charge is 2.17. The number of para-hydroxylation sites is 1. The summed E-state index contributed by atoms with van der Waals surface area (Å²) in [6, 6.07) is 13.3. The number of anilines is 2. The van der Waals surface area contributed by atoms with Crippen LogP contribution in [0.2, 0.25) is 0 Å². The average molecular weight is 327 g/mol. The third-order valence-electron chi connectivity index (χ3n) is 2.27. The third kappa shape index (κ3) is 2.83. The highest BCUT2D eigenvalue weighted by atomic mass is 79.9. The van der Waals surface area contributed by atoms with E-state index in [0.29, 0.717) is 15.8 Å². The number of hydrogen-bond acceptors (Lipinski definition) is 3. The van der Waals surface area contributed by atoms with Crippen molar-refractivity contribution in [3.8, 4) is 0 Å². The van der Waals surface area contributed by atoms with Gasteiger partial charge in [0, 0.05) is 15.8 Å². The molecule has 3 N–H and O–H groups in total. The van der Waals surface area contributed by atoms with Crippen LogP contribution in [0.25, 0.3) is 0 Å². The Labute approximate surface area is 114 Å². The zero-order valence-electron chi connectivity index (χ0n) is 9.30. The molecule has 0 aliphatic heterocycles. The monoisotopic (exact) mass is 326 g/mol. The van der Waals surface area contributed by atoms with E-state index in [1.54, 1.807) is 36.4 Å². The molecule has 0 spiro atoms. The van der Waals surface area contributed by atoms with Crippen molar-refractivity contribution in [2.45, 2.75) is 4.90 Å². The second-order valence-electron chi connectivity index (χ2n) is 3.66. The zero-order valence-corrected chi connectivity index (χ0v) is 11.7. The number of nitrogens with one attached hydrogen (secondary N) is 1. The second-order valence-corrected chi connectivity index (χ2v) is 6.17. The summed E-state index contributed by atoms with van der Waals surface area (Å²) in [4.78, 5) is 0.117. The van der Waals surface area contributed by atoms with E-state index >= 15 is 0 Å². The topological polar surface area (TPSA) is 72.2 Å². The van der Waals surface area contributed by atoms with Gasteiger partial charge in [-0.2, -0.15) is 0 Å². The quantitative estimate of drug-likeness (QED) is 0.852. The van der Waals surface area contributed by atoms with E-state index in [-0.39, 0.29) is 4.90 Å². The van der Waals surface area contributed by atoms with Crippen LogP contribution >= 0.6 is 15.9 Å². The van der Waals surface area contributed by atoms with Crippen molar-refractivity contribution in [3.05, 3.63) is 53.0 Å². The smallest absolute Gasteiger partial charge is 0.263 e. The molecule has 0 bridgehead atoms. The van der Waals surface area contributed by atoms with Gasteiger partial charge in [-0.25, -0.2) is 8.42 Å². The first kappa shape index (κ1) is 12.9. The molecule has 2 aromatic rings. The Hall–Kier alpha value is -1.53. The van der Waals surface area contributed by atoms with Crippen LogP contribution in [0.1, 0.15) is 0 Å². The lowest BCUT2D eigenvalue weighted by Gasteiger charge is -2.10. The van der Waals surface area contributed by atoms with Crippen LogP contribution < -0.4 is 10.5 Å². The SMILES string of the molecule is Nc1ccc(Br)c(S(=O)(=O)Nc2ccccc2)c1. The molecule has 0 aliphatic rings. The Kier molecular flexibility index (Phi) is 3.58. The fraction of sp³-hybridized carbons (Fsp3) is 0. The van der Waals surface area contributed by atoms with E-state index in [2.05, 4.69) is 20.7 Å². The lowest BCUT2D eigenvalue weighted by molar-refractivity contribution is 0.601. The Morgan fingerprint density at radius 1 is 1.06 bits per heavy atom. The average Bonchev–Trinajstić information content (AvgIpc) is 2.33. The summed E-state index contributed by atoms with van der Waals surface area (Å²) in [7, 11) is -3.64.